The van der Waals surface area contributed by atoms with Crippen molar-refractivity contribution in [2.45, 2.75) is 69.6 Å². The van der Waals surface area contributed by atoms with Gasteiger partial charge in [-0.15, -0.1) is 0 Å². The summed E-state index contributed by atoms with van der Waals surface area (Å²) in [5.74, 6) is -0.435. The lowest BCUT2D eigenvalue weighted by molar-refractivity contribution is -0.138. The van der Waals surface area contributed by atoms with Gasteiger partial charge >= 0.3 is 6.18 Å². The second-order valence-electron chi connectivity index (χ2n) is 10.4. The number of hydrogen-bond acceptors (Lipinski definition) is 4. The predicted octanol–water partition coefficient (Wildman–Crippen LogP) is 4.06. The van der Waals surface area contributed by atoms with Crippen LogP contribution in [-0.4, -0.2) is 63.5 Å². The highest BCUT2D eigenvalue weighted by Gasteiger charge is 2.42. The van der Waals surface area contributed by atoms with Crippen molar-refractivity contribution in [2.24, 2.45) is 0 Å². The van der Waals surface area contributed by atoms with Crippen LogP contribution in [0, 0.1) is 0 Å². The molecule has 0 radical (unpaired) electrons. The molecule has 5 rings (SSSR count). The number of nitrogens with one attached hydrogen (secondary N) is 1. The average molecular weight is 532 g/mol. The van der Waals surface area contributed by atoms with E-state index in [1.165, 1.54) is 19.1 Å². The lowest BCUT2D eigenvalue weighted by Crippen LogP contribution is -2.44. The number of nitrogens with zero attached hydrogens (tertiary/aromatic N) is 4. The van der Waals surface area contributed by atoms with Gasteiger partial charge in [-0.2, -0.15) is 18.3 Å². The number of benzene rings is 1. The van der Waals surface area contributed by atoms with Crippen molar-refractivity contribution >= 4 is 17.7 Å². The molecule has 0 bridgehead atoms. The molecule has 3 aliphatic rings. The molecule has 38 heavy (non-hydrogen) atoms. The van der Waals surface area contributed by atoms with Gasteiger partial charge in [0.25, 0.3) is 5.91 Å². The van der Waals surface area contributed by atoms with Crippen LogP contribution in [0.15, 0.2) is 30.5 Å². The maximum atomic E-state index is 13.8. The molecular weight excluding hydrogens is 499 g/mol. The van der Waals surface area contributed by atoms with Gasteiger partial charge in [-0.05, 0) is 50.2 Å². The third kappa shape index (κ3) is 5.28. The van der Waals surface area contributed by atoms with Crippen LogP contribution in [0.2, 0.25) is 0 Å². The van der Waals surface area contributed by atoms with Gasteiger partial charge in [0.05, 0.1) is 41.6 Å². The Morgan fingerprint density at radius 1 is 1.03 bits per heavy atom. The molecule has 1 saturated carbocycles. The zero-order valence-corrected chi connectivity index (χ0v) is 21.3. The van der Waals surface area contributed by atoms with Gasteiger partial charge in [-0.3, -0.25) is 19.1 Å². The van der Waals surface area contributed by atoms with Crippen molar-refractivity contribution in [3.05, 3.63) is 52.8 Å². The SMILES string of the molecule is CC(=O)NCC(=O)N1CCC(n2ncc(C(=O)N3CCCC3c3ccccc3C(F)(F)F)c2C2CC2)CC1. The number of rotatable bonds is 6. The number of hydrogen-bond donors (Lipinski definition) is 1. The number of piperidine rings is 1. The lowest BCUT2D eigenvalue weighted by Gasteiger charge is -2.33. The Morgan fingerprint density at radius 3 is 2.39 bits per heavy atom. The Bertz CT molecular complexity index is 1210. The standard InChI is InChI=1S/C27H32F3N5O3/c1-17(36)31-16-24(37)33-13-10-19(11-14-33)35-25(18-8-9-18)21(15-32-35)26(38)34-12-4-7-23(34)20-5-2-3-6-22(20)27(28,29)30/h2-3,5-6,15,18-19,23H,4,7-14,16H2,1H3,(H,31,36). The topological polar surface area (TPSA) is 87.5 Å². The molecule has 1 atom stereocenters. The van der Waals surface area contributed by atoms with Crippen LogP contribution in [0.3, 0.4) is 0 Å². The van der Waals surface area contributed by atoms with Crippen molar-refractivity contribution in [1.29, 1.82) is 0 Å². The summed E-state index contributed by atoms with van der Waals surface area (Å²) in [6.45, 7) is 2.80. The molecule has 2 aliphatic heterocycles. The van der Waals surface area contributed by atoms with Crippen LogP contribution in [0.5, 0.6) is 0 Å². The Morgan fingerprint density at radius 2 is 1.74 bits per heavy atom. The molecule has 204 valence electrons. The van der Waals surface area contributed by atoms with Crippen LogP contribution >= 0.6 is 0 Å². The van der Waals surface area contributed by atoms with Gasteiger partial charge in [0.2, 0.25) is 11.8 Å². The molecule has 3 heterocycles. The summed E-state index contributed by atoms with van der Waals surface area (Å²) in [4.78, 5) is 40.6. The fourth-order valence-electron chi connectivity index (χ4n) is 5.80. The van der Waals surface area contributed by atoms with Gasteiger partial charge in [0, 0.05) is 32.5 Å². The summed E-state index contributed by atoms with van der Waals surface area (Å²) in [7, 11) is 0. The Labute approximate surface area is 219 Å². The first kappa shape index (κ1) is 26.2. The minimum Gasteiger partial charge on any atom is -0.347 e. The molecule has 8 nitrogen and oxygen atoms in total. The normalized spacial score (nSPS) is 20.6. The second kappa shape index (κ2) is 10.4. The Hall–Kier alpha value is -3.37. The van der Waals surface area contributed by atoms with Gasteiger partial charge in [-0.25, -0.2) is 0 Å². The molecule has 1 aromatic heterocycles. The number of carbonyl (C=O) groups is 3. The van der Waals surface area contributed by atoms with E-state index in [9.17, 15) is 27.6 Å². The number of carbonyl (C=O) groups excluding carboxylic acids is 3. The molecule has 1 aliphatic carbocycles. The highest BCUT2D eigenvalue weighted by atomic mass is 19.4. The largest absolute Gasteiger partial charge is 0.416 e. The molecule has 3 fully saturated rings. The van der Waals surface area contributed by atoms with E-state index in [1.54, 1.807) is 22.1 Å². The fourth-order valence-corrected chi connectivity index (χ4v) is 5.80. The molecule has 0 spiro atoms. The molecule has 2 aromatic rings. The van der Waals surface area contributed by atoms with Gasteiger partial charge < -0.3 is 15.1 Å². The summed E-state index contributed by atoms with van der Waals surface area (Å²) >= 11 is 0. The zero-order valence-electron chi connectivity index (χ0n) is 21.3. The highest BCUT2D eigenvalue weighted by Crippen LogP contribution is 2.45. The summed E-state index contributed by atoms with van der Waals surface area (Å²) < 4.78 is 43.1. The molecule has 1 aromatic carbocycles. The number of amides is 3. The van der Waals surface area contributed by atoms with Crippen molar-refractivity contribution in [3.8, 4) is 0 Å². The molecule has 1 unspecified atom stereocenters. The van der Waals surface area contributed by atoms with E-state index in [2.05, 4.69) is 10.4 Å². The minimum atomic E-state index is -4.49. The van der Waals surface area contributed by atoms with Crippen molar-refractivity contribution in [3.63, 3.8) is 0 Å². The van der Waals surface area contributed by atoms with Crippen LogP contribution in [-0.2, 0) is 15.8 Å². The Balaban J connectivity index is 1.34. The quantitative estimate of drug-likeness (QED) is 0.609. The molecule has 2 saturated heterocycles. The van der Waals surface area contributed by atoms with Gasteiger partial charge in [-0.1, -0.05) is 18.2 Å². The third-order valence-corrected chi connectivity index (χ3v) is 7.82. The summed E-state index contributed by atoms with van der Waals surface area (Å²) in [6, 6.07) is 4.92. The monoisotopic (exact) mass is 531 g/mol. The number of halogens is 3. The molecule has 1 N–H and O–H groups in total. The van der Waals surface area contributed by atoms with E-state index in [4.69, 9.17) is 0 Å². The number of likely N-dealkylation sites (tertiary alicyclic amines) is 2. The maximum Gasteiger partial charge on any atom is 0.416 e. The maximum absolute atomic E-state index is 13.8. The predicted molar refractivity (Wildman–Crippen MR) is 132 cm³/mol. The second-order valence-corrected chi connectivity index (χ2v) is 10.4. The first-order valence-corrected chi connectivity index (χ1v) is 13.2. The van der Waals surface area contributed by atoms with Crippen LogP contribution < -0.4 is 5.32 Å². The van der Waals surface area contributed by atoms with Crippen molar-refractivity contribution < 1.29 is 27.6 Å². The minimum absolute atomic E-state index is 0.0253. The first-order chi connectivity index (χ1) is 18.1. The summed E-state index contributed by atoms with van der Waals surface area (Å²) in [5.41, 5.74) is 0.797. The first-order valence-electron chi connectivity index (χ1n) is 13.2. The zero-order chi connectivity index (χ0) is 27.0. The van der Waals surface area contributed by atoms with Gasteiger partial charge in [0.1, 0.15) is 0 Å². The molecular formula is C27H32F3N5O3. The lowest BCUT2D eigenvalue weighted by atomic mass is 9.97. The van der Waals surface area contributed by atoms with Crippen LogP contribution in [0.1, 0.15) is 90.6 Å². The average Bonchev–Trinajstić information content (AvgIpc) is 3.44. The highest BCUT2D eigenvalue weighted by molar-refractivity contribution is 5.96. The fraction of sp³-hybridized carbons (Fsp3) is 0.556. The third-order valence-electron chi connectivity index (χ3n) is 7.82. The molecule has 3 amide bonds. The number of alkyl halides is 3. The van der Waals surface area contributed by atoms with Crippen LogP contribution in [0.4, 0.5) is 13.2 Å². The van der Waals surface area contributed by atoms with Crippen LogP contribution in [0.25, 0.3) is 0 Å². The van der Waals surface area contributed by atoms with E-state index >= 15 is 0 Å². The van der Waals surface area contributed by atoms with Gasteiger partial charge in [0.15, 0.2) is 0 Å². The smallest absolute Gasteiger partial charge is 0.347 e. The summed E-state index contributed by atoms with van der Waals surface area (Å²) in [5, 5.41) is 7.14. The van der Waals surface area contributed by atoms with E-state index in [0.29, 0.717) is 50.9 Å². The van der Waals surface area contributed by atoms with E-state index in [0.717, 1.165) is 24.6 Å². The summed E-state index contributed by atoms with van der Waals surface area (Å²) in [6.07, 6.45) is 1.45. The van der Waals surface area contributed by atoms with E-state index in [1.807, 2.05) is 4.68 Å². The van der Waals surface area contributed by atoms with Crippen molar-refractivity contribution in [1.82, 2.24) is 24.9 Å². The van der Waals surface area contributed by atoms with Crippen molar-refractivity contribution in [2.75, 3.05) is 26.2 Å². The van der Waals surface area contributed by atoms with E-state index in [-0.39, 0.29) is 41.8 Å². The van der Waals surface area contributed by atoms with E-state index < -0.39 is 17.8 Å². The number of aromatic nitrogens is 2. The molecule has 11 heteroatoms. The Kier molecular flexibility index (Phi) is 7.19.